The summed E-state index contributed by atoms with van der Waals surface area (Å²) in [5.74, 6) is 1.27. The average molecular weight is 343 g/mol. The zero-order valence-corrected chi connectivity index (χ0v) is 15.1. The first-order valence-electron chi connectivity index (χ1n) is 8.10. The highest BCUT2D eigenvalue weighted by Crippen LogP contribution is 2.10. The van der Waals surface area contributed by atoms with Crippen molar-refractivity contribution in [3.05, 3.63) is 48.0 Å². The predicted octanol–water partition coefficient (Wildman–Crippen LogP) is 0.700. The van der Waals surface area contributed by atoms with Crippen LogP contribution in [-0.2, 0) is 18.4 Å². The lowest BCUT2D eigenvalue weighted by molar-refractivity contribution is -0.127. The Balaban J connectivity index is 2.07. The summed E-state index contributed by atoms with van der Waals surface area (Å²) in [6.07, 6.45) is 1.49. The van der Waals surface area contributed by atoms with Crippen LogP contribution in [0, 0.1) is 0 Å². The maximum Gasteiger partial charge on any atom is 0.241 e. The fourth-order valence-corrected chi connectivity index (χ4v) is 2.11. The van der Waals surface area contributed by atoms with E-state index >= 15 is 0 Å². The van der Waals surface area contributed by atoms with Crippen LogP contribution >= 0.6 is 0 Å². The second kappa shape index (κ2) is 8.81. The van der Waals surface area contributed by atoms with E-state index in [4.69, 9.17) is 0 Å². The van der Waals surface area contributed by atoms with E-state index in [-0.39, 0.29) is 18.5 Å². The summed E-state index contributed by atoms with van der Waals surface area (Å²) >= 11 is 0. The summed E-state index contributed by atoms with van der Waals surface area (Å²) in [7, 11) is 5.27. The standard InChI is InChI=1S/C17H25N7O/c1-13(14-8-6-5-7-9-14)22-17(19-11-16(25)23(2)3)18-10-15-20-12-21-24(15)4/h5-9,12-13H,10-11H2,1-4H3,(H2,18,19,22). The van der Waals surface area contributed by atoms with Gasteiger partial charge in [-0.3, -0.25) is 9.48 Å². The lowest BCUT2D eigenvalue weighted by Gasteiger charge is -2.19. The minimum atomic E-state index is -0.0273. The molecule has 1 aromatic heterocycles. The van der Waals surface area contributed by atoms with Crippen LogP contribution in [0.25, 0.3) is 0 Å². The zero-order valence-electron chi connectivity index (χ0n) is 15.1. The van der Waals surface area contributed by atoms with Crippen molar-refractivity contribution in [3.8, 4) is 0 Å². The van der Waals surface area contributed by atoms with E-state index in [1.165, 1.54) is 11.2 Å². The first kappa shape index (κ1) is 18.4. The molecule has 0 aliphatic heterocycles. The Kier molecular flexibility index (Phi) is 6.50. The lowest BCUT2D eigenvalue weighted by Crippen LogP contribution is -2.43. The molecule has 8 heteroatoms. The van der Waals surface area contributed by atoms with Gasteiger partial charge in [0.25, 0.3) is 0 Å². The molecule has 1 unspecified atom stereocenters. The Bertz CT molecular complexity index is 709. The number of likely N-dealkylation sites (N-methyl/N-ethyl adjacent to an activating group) is 1. The number of aryl methyl sites for hydroxylation is 1. The van der Waals surface area contributed by atoms with Gasteiger partial charge in [-0.25, -0.2) is 9.98 Å². The third-order valence-corrected chi connectivity index (χ3v) is 3.74. The highest BCUT2D eigenvalue weighted by molar-refractivity contribution is 5.86. The van der Waals surface area contributed by atoms with Crippen LogP contribution in [0.1, 0.15) is 24.4 Å². The second-order valence-corrected chi connectivity index (χ2v) is 5.88. The fourth-order valence-electron chi connectivity index (χ4n) is 2.11. The van der Waals surface area contributed by atoms with Gasteiger partial charge in [-0.1, -0.05) is 30.3 Å². The third-order valence-electron chi connectivity index (χ3n) is 3.74. The van der Waals surface area contributed by atoms with Gasteiger partial charge in [0.1, 0.15) is 18.7 Å². The first-order chi connectivity index (χ1) is 12.0. The minimum absolute atomic E-state index is 0.0273. The molecule has 2 N–H and O–H groups in total. The molecular formula is C17H25N7O. The summed E-state index contributed by atoms with van der Waals surface area (Å²) in [6.45, 7) is 2.57. The number of amides is 1. The van der Waals surface area contributed by atoms with Gasteiger partial charge < -0.3 is 15.5 Å². The van der Waals surface area contributed by atoms with Crippen LogP contribution in [0.15, 0.2) is 41.7 Å². The van der Waals surface area contributed by atoms with E-state index in [1.807, 2.05) is 44.3 Å². The van der Waals surface area contributed by atoms with Crippen molar-refractivity contribution in [2.45, 2.75) is 19.5 Å². The molecule has 1 aromatic carbocycles. The second-order valence-electron chi connectivity index (χ2n) is 5.88. The van der Waals surface area contributed by atoms with Crippen molar-refractivity contribution >= 4 is 11.9 Å². The van der Waals surface area contributed by atoms with Crippen LogP contribution in [0.4, 0.5) is 0 Å². The molecule has 1 amide bonds. The van der Waals surface area contributed by atoms with Gasteiger partial charge in [-0.15, -0.1) is 0 Å². The molecule has 0 saturated heterocycles. The number of carbonyl (C=O) groups excluding carboxylic acids is 1. The van der Waals surface area contributed by atoms with Crippen molar-refractivity contribution in [2.24, 2.45) is 12.0 Å². The van der Waals surface area contributed by atoms with Crippen LogP contribution in [-0.4, -0.2) is 52.2 Å². The van der Waals surface area contributed by atoms with Crippen molar-refractivity contribution in [3.63, 3.8) is 0 Å². The molecule has 0 bridgehead atoms. The normalized spacial score (nSPS) is 12.6. The van der Waals surface area contributed by atoms with Gasteiger partial charge in [0.05, 0.1) is 12.6 Å². The van der Waals surface area contributed by atoms with Gasteiger partial charge in [0.15, 0.2) is 5.96 Å². The lowest BCUT2D eigenvalue weighted by atomic mass is 10.1. The Hall–Kier alpha value is -2.90. The number of rotatable bonds is 6. The van der Waals surface area contributed by atoms with Crippen LogP contribution in [0.5, 0.6) is 0 Å². The van der Waals surface area contributed by atoms with Crippen molar-refractivity contribution < 1.29 is 4.79 Å². The molecule has 0 spiro atoms. The maximum absolute atomic E-state index is 11.8. The van der Waals surface area contributed by atoms with Crippen LogP contribution in [0.2, 0.25) is 0 Å². The molecule has 2 rings (SSSR count). The van der Waals surface area contributed by atoms with E-state index in [2.05, 4.69) is 25.7 Å². The molecule has 0 fully saturated rings. The van der Waals surface area contributed by atoms with Crippen molar-refractivity contribution in [2.75, 3.05) is 20.6 Å². The number of aromatic nitrogens is 3. The Morgan fingerprint density at radius 2 is 2.04 bits per heavy atom. The van der Waals surface area contributed by atoms with Gasteiger partial charge in [-0.2, -0.15) is 5.10 Å². The maximum atomic E-state index is 11.8. The monoisotopic (exact) mass is 343 g/mol. The molecule has 0 saturated carbocycles. The van der Waals surface area contributed by atoms with Crippen LogP contribution < -0.4 is 10.6 Å². The Morgan fingerprint density at radius 3 is 2.64 bits per heavy atom. The molecule has 134 valence electrons. The number of hydrogen-bond acceptors (Lipinski definition) is 4. The fraction of sp³-hybridized carbons (Fsp3) is 0.412. The summed E-state index contributed by atoms with van der Waals surface area (Å²) in [6, 6.07) is 10.1. The number of benzene rings is 1. The van der Waals surface area contributed by atoms with Crippen molar-refractivity contribution in [1.82, 2.24) is 30.3 Å². The Labute approximate surface area is 148 Å². The topological polar surface area (TPSA) is 87.4 Å². The molecule has 0 radical (unpaired) electrons. The molecule has 1 heterocycles. The van der Waals surface area contributed by atoms with Crippen molar-refractivity contribution in [1.29, 1.82) is 0 Å². The minimum Gasteiger partial charge on any atom is -0.350 e. The van der Waals surface area contributed by atoms with Gasteiger partial charge >= 0.3 is 0 Å². The molecule has 0 aliphatic rings. The molecule has 25 heavy (non-hydrogen) atoms. The Morgan fingerprint density at radius 1 is 1.32 bits per heavy atom. The highest BCUT2D eigenvalue weighted by Gasteiger charge is 2.11. The third kappa shape index (κ3) is 5.59. The van der Waals surface area contributed by atoms with E-state index < -0.39 is 0 Å². The molecule has 8 nitrogen and oxygen atoms in total. The van der Waals surface area contributed by atoms with E-state index in [0.717, 1.165) is 11.4 Å². The average Bonchev–Trinajstić information content (AvgIpc) is 3.02. The predicted molar refractivity (Wildman–Crippen MR) is 96.8 cm³/mol. The highest BCUT2D eigenvalue weighted by atomic mass is 16.2. The molecule has 1 atom stereocenters. The molecule has 2 aromatic rings. The summed E-state index contributed by atoms with van der Waals surface area (Å²) in [4.78, 5) is 22.1. The number of carbonyl (C=O) groups is 1. The quantitative estimate of drug-likeness (QED) is 0.595. The summed E-state index contributed by atoms with van der Waals surface area (Å²) in [5.41, 5.74) is 1.13. The van der Waals surface area contributed by atoms with E-state index in [1.54, 1.807) is 18.8 Å². The zero-order chi connectivity index (χ0) is 18.2. The number of guanidine groups is 1. The SMILES string of the molecule is CC(NC(=NCc1ncnn1C)NCC(=O)N(C)C)c1ccccc1. The van der Waals surface area contributed by atoms with Gasteiger partial charge in [-0.05, 0) is 12.5 Å². The van der Waals surface area contributed by atoms with Crippen LogP contribution in [0.3, 0.4) is 0 Å². The number of aliphatic imine (C=N–C) groups is 1. The summed E-state index contributed by atoms with van der Waals surface area (Å²) in [5, 5.41) is 10.4. The van der Waals surface area contributed by atoms with E-state index in [9.17, 15) is 4.79 Å². The summed E-state index contributed by atoms with van der Waals surface area (Å²) < 4.78 is 1.67. The molecular weight excluding hydrogens is 318 g/mol. The van der Waals surface area contributed by atoms with E-state index in [0.29, 0.717) is 12.5 Å². The van der Waals surface area contributed by atoms with Gasteiger partial charge in [0, 0.05) is 21.1 Å². The first-order valence-corrected chi connectivity index (χ1v) is 8.10. The number of nitrogens with zero attached hydrogens (tertiary/aromatic N) is 5. The van der Waals surface area contributed by atoms with Gasteiger partial charge in [0.2, 0.25) is 5.91 Å². The largest absolute Gasteiger partial charge is 0.350 e. The smallest absolute Gasteiger partial charge is 0.241 e. The number of nitrogens with one attached hydrogen (secondary N) is 2. The molecule has 0 aliphatic carbocycles. The number of hydrogen-bond donors (Lipinski definition) is 2.